The lowest BCUT2D eigenvalue weighted by Gasteiger charge is -2.39. The van der Waals surface area contributed by atoms with Gasteiger partial charge in [-0.15, -0.1) is 0 Å². The number of carbonyl (C=O) groups excluding carboxylic acids is 2. The summed E-state index contributed by atoms with van der Waals surface area (Å²) in [6.07, 6.45) is 11.7. The molecule has 2 N–H and O–H groups in total. The van der Waals surface area contributed by atoms with Crippen LogP contribution in [0.5, 0.6) is 5.75 Å². The van der Waals surface area contributed by atoms with E-state index in [-0.39, 0.29) is 30.7 Å². The van der Waals surface area contributed by atoms with Crippen molar-refractivity contribution in [2.75, 3.05) is 13.2 Å². The number of aliphatic hydroxyl groups is 2. The Morgan fingerprint density at radius 1 is 0.945 bits per heavy atom. The van der Waals surface area contributed by atoms with E-state index in [2.05, 4.69) is 41.5 Å². The number of carbonyl (C=O) groups is 2. The average molecular weight is 781 g/mol. The Hall–Kier alpha value is -2.85. The van der Waals surface area contributed by atoms with E-state index in [0.717, 1.165) is 48.6 Å². The average Bonchev–Trinajstić information content (AvgIpc) is 3.44. The number of allylic oxidation sites excluding steroid dienone is 2. The van der Waals surface area contributed by atoms with Gasteiger partial charge in [0.15, 0.2) is 0 Å². The van der Waals surface area contributed by atoms with Crippen LogP contribution >= 0.6 is 0 Å². The summed E-state index contributed by atoms with van der Waals surface area (Å²) in [5, 5.41) is 21.3. The zero-order chi connectivity index (χ0) is 41.0. The summed E-state index contributed by atoms with van der Waals surface area (Å²) in [4.78, 5) is 24.2. The van der Waals surface area contributed by atoms with Gasteiger partial charge in [0.25, 0.3) is 0 Å². The molecule has 1 aliphatic rings. The number of alkyl halides is 3. The summed E-state index contributed by atoms with van der Waals surface area (Å²) in [7, 11) is 0. The molecule has 0 aliphatic heterocycles. The van der Waals surface area contributed by atoms with Crippen molar-refractivity contribution in [3.63, 3.8) is 0 Å². The Balaban J connectivity index is 1.80. The van der Waals surface area contributed by atoms with Gasteiger partial charge in [-0.3, -0.25) is 9.59 Å². The fourth-order valence-corrected chi connectivity index (χ4v) is 8.85. The topological polar surface area (TPSA) is 102 Å². The van der Waals surface area contributed by atoms with Crippen molar-refractivity contribution in [3.8, 4) is 5.75 Å². The molecule has 1 fully saturated rings. The number of halogens is 3. The highest BCUT2D eigenvalue weighted by atomic mass is 19.4. The van der Waals surface area contributed by atoms with E-state index in [9.17, 15) is 33.0 Å². The lowest BCUT2D eigenvalue weighted by atomic mass is 9.66. The second kappa shape index (κ2) is 25.4. The zero-order valence-electron chi connectivity index (χ0n) is 34.6. The van der Waals surface area contributed by atoms with Crippen LogP contribution in [0.25, 0.3) is 0 Å². The first-order chi connectivity index (χ1) is 26.2. The standard InChI is InChI=1S/C45H71F3O7/c1-8-31(6)37(10-3)39(12-5)38(11-4)33(9-2)20-17-18-27-53-44(52)24-16-14-13-15-23-41-40(42(51)29-43(41)55-32(7)49)26-25-35(50)30-54-36-22-19-21-34(28-36)45(46,47)48/h13,15,19,21-22,25-26,28,31,33,35,37-43,50-51H,8-12,14,16-18,20,23-24,27,29-30H2,1-7H3/b15-13-,26-25+/t31?,33?,35-,37?,38?,39?,40-,41-,42-,43+/m1/s1. The second-order valence-corrected chi connectivity index (χ2v) is 15.6. The van der Waals surface area contributed by atoms with E-state index in [4.69, 9.17) is 14.2 Å². The quantitative estimate of drug-likeness (QED) is 0.0548. The van der Waals surface area contributed by atoms with Crippen LogP contribution in [0.2, 0.25) is 0 Å². The van der Waals surface area contributed by atoms with E-state index in [1.165, 1.54) is 63.7 Å². The molecule has 0 saturated heterocycles. The maximum absolute atomic E-state index is 13.0. The van der Waals surface area contributed by atoms with Gasteiger partial charge >= 0.3 is 18.1 Å². The molecule has 1 aromatic carbocycles. The molecule has 10 atom stereocenters. The molecule has 0 heterocycles. The molecule has 10 heteroatoms. The Morgan fingerprint density at radius 3 is 2.27 bits per heavy atom. The number of esters is 2. The van der Waals surface area contributed by atoms with Gasteiger partial charge in [0, 0.05) is 31.6 Å². The summed E-state index contributed by atoms with van der Waals surface area (Å²) >= 11 is 0. The minimum atomic E-state index is -4.51. The van der Waals surface area contributed by atoms with Gasteiger partial charge in [0.05, 0.1) is 18.3 Å². The molecule has 314 valence electrons. The van der Waals surface area contributed by atoms with E-state index in [1.54, 1.807) is 6.08 Å². The van der Waals surface area contributed by atoms with Crippen LogP contribution in [-0.2, 0) is 25.2 Å². The first kappa shape index (κ1) is 48.3. The monoisotopic (exact) mass is 781 g/mol. The van der Waals surface area contributed by atoms with Gasteiger partial charge in [-0.2, -0.15) is 13.2 Å². The van der Waals surface area contributed by atoms with Crippen molar-refractivity contribution in [1.82, 2.24) is 0 Å². The maximum Gasteiger partial charge on any atom is 0.416 e. The van der Waals surface area contributed by atoms with E-state index in [1.807, 2.05) is 12.2 Å². The lowest BCUT2D eigenvalue weighted by Crippen LogP contribution is -2.31. The largest absolute Gasteiger partial charge is 0.491 e. The summed E-state index contributed by atoms with van der Waals surface area (Å²) in [6.45, 7) is 15.6. The van der Waals surface area contributed by atoms with Crippen LogP contribution in [0.3, 0.4) is 0 Å². The van der Waals surface area contributed by atoms with Gasteiger partial charge < -0.3 is 24.4 Å². The molecule has 0 aromatic heterocycles. The normalized spacial score (nSPS) is 22.3. The molecule has 0 amide bonds. The minimum Gasteiger partial charge on any atom is -0.491 e. The fourth-order valence-electron chi connectivity index (χ4n) is 8.85. The van der Waals surface area contributed by atoms with Gasteiger partial charge in [-0.05, 0) is 79.9 Å². The second-order valence-electron chi connectivity index (χ2n) is 15.6. The molecule has 55 heavy (non-hydrogen) atoms. The predicted octanol–water partition coefficient (Wildman–Crippen LogP) is 10.9. The van der Waals surface area contributed by atoms with Crippen molar-refractivity contribution < 1.29 is 47.2 Å². The molecule has 0 spiro atoms. The maximum atomic E-state index is 13.0. The van der Waals surface area contributed by atoms with Crippen molar-refractivity contribution >= 4 is 11.9 Å². The summed E-state index contributed by atoms with van der Waals surface area (Å²) < 4.78 is 55.5. The van der Waals surface area contributed by atoms with Crippen molar-refractivity contribution in [2.24, 2.45) is 41.4 Å². The third kappa shape index (κ3) is 16.6. The molecule has 0 bridgehead atoms. The number of aliphatic hydroxyl groups excluding tert-OH is 2. The number of hydrogen-bond donors (Lipinski definition) is 2. The zero-order valence-corrected chi connectivity index (χ0v) is 34.6. The lowest BCUT2D eigenvalue weighted by molar-refractivity contribution is -0.148. The van der Waals surface area contributed by atoms with Crippen LogP contribution in [0.4, 0.5) is 13.2 Å². The molecular formula is C45H71F3O7. The van der Waals surface area contributed by atoms with Gasteiger partial charge in [0.1, 0.15) is 24.6 Å². The first-order valence-electron chi connectivity index (χ1n) is 21.0. The smallest absolute Gasteiger partial charge is 0.416 e. The van der Waals surface area contributed by atoms with Crippen LogP contribution in [0.1, 0.15) is 138 Å². The Labute approximate surface area is 329 Å². The summed E-state index contributed by atoms with van der Waals surface area (Å²) in [5.41, 5.74) is -0.846. The number of benzene rings is 1. The highest BCUT2D eigenvalue weighted by Gasteiger charge is 2.42. The highest BCUT2D eigenvalue weighted by molar-refractivity contribution is 5.69. The third-order valence-corrected chi connectivity index (χ3v) is 11.9. The van der Waals surface area contributed by atoms with Crippen LogP contribution in [0, 0.1) is 41.4 Å². The van der Waals surface area contributed by atoms with E-state index < -0.39 is 41.9 Å². The molecule has 1 saturated carbocycles. The van der Waals surface area contributed by atoms with Crippen LogP contribution in [0.15, 0.2) is 48.6 Å². The van der Waals surface area contributed by atoms with Gasteiger partial charge in [-0.1, -0.05) is 110 Å². The number of rotatable bonds is 26. The summed E-state index contributed by atoms with van der Waals surface area (Å²) in [6, 6.07) is 4.43. The first-order valence-corrected chi connectivity index (χ1v) is 21.0. The van der Waals surface area contributed by atoms with Crippen molar-refractivity contribution in [2.45, 2.75) is 156 Å². The molecule has 7 nitrogen and oxygen atoms in total. The van der Waals surface area contributed by atoms with Crippen molar-refractivity contribution in [3.05, 3.63) is 54.1 Å². The molecule has 1 aliphatic carbocycles. The molecular weight excluding hydrogens is 709 g/mol. The molecule has 5 unspecified atom stereocenters. The fraction of sp³-hybridized carbons (Fsp3) is 0.733. The third-order valence-electron chi connectivity index (χ3n) is 11.9. The number of hydrogen-bond acceptors (Lipinski definition) is 7. The Bertz CT molecular complexity index is 1300. The highest BCUT2D eigenvalue weighted by Crippen LogP contribution is 2.42. The predicted molar refractivity (Wildman–Crippen MR) is 212 cm³/mol. The van der Waals surface area contributed by atoms with E-state index >= 15 is 0 Å². The SMILES string of the molecule is CCC(C)C(CC)C(CC)C(CC)C(CC)CCCCOC(=O)CCC/C=C\C[C@@H]1[C@@H](/C=C/[C@@H](O)COc2cccc(C(F)(F)F)c2)[C@H](O)C[C@@H]1OC(C)=O. The van der Waals surface area contributed by atoms with Crippen LogP contribution < -0.4 is 4.74 Å². The van der Waals surface area contributed by atoms with Gasteiger partial charge in [0.2, 0.25) is 0 Å². The molecule has 1 aromatic rings. The van der Waals surface area contributed by atoms with Crippen LogP contribution in [-0.4, -0.2) is 53.7 Å². The molecule has 2 rings (SSSR count). The Kier molecular flexibility index (Phi) is 22.3. The minimum absolute atomic E-state index is 0.0201. The summed E-state index contributed by atoms with van der Waals surface area (Å²) in [5.74, 6) is 2.37. The molecule has 0 radical (unpaired) electrons. The van der Waals surface area contributed by atoms with Gasteiger partial charge in [-0.25, -0.2) is 0 Å². The van der Waals surface area contributed by atoms with E-state index in [0.29, 0.717) is 38.2 Å². The number of ether oxygens (including phenoxy) is 3. The Morgan fingerprint density at radius 2 is 1.65 bits per heavy atom. The number of unbranched alkanes of at least 4 members (excludes halogenated alkanes) is 2. The van der Waals surface area contributed by atoms with Crippen molar-refractivity contribution in [1.29, 1.82) is 0 Å².